The van der Waals surface area contributed by atoms with Crippen LogP contribution in [0.15, 0.2) is 0 Å². The Morgan fingerprint density at radius 1 is 1.08 bits per heavy atom. The van der Waals surface area contributed by atoms with Gasteiger partial charge in [-0.1, -0.05) is 19.3 Å². The molecule has 3 rings (SSSR count). The van der Waals surface area contributed by atoms with Crippen LogP contribution in [-0.4, -0.2) is 73.2 Å². The summed E-state index contributed by atoms with van der Waals surface area (Å²) in [5.74, 6) is 0.256. The third kappa shape index (κ3) is 5.43. The highest BCUT2D eigenvalue weighted by atomic mass is 16.5. The third-order valence-electron chi connectivity index (χ3n) is 5.97. The summed E-state index contributed by atoms with van der Waals surface area (Å²) in [6.45, 7) is 8.40. The number of hydrogen-bond acceptors (Lipinski definition) is 4. The Bertz CT molecular complexity index is 390. The van der Waals surface area contributed by atoms with E-state index in [9.17, 15) is 4.79 Å². The van der Waals surface area contributed by atoms with Crippen LogP contribution in [0, 0.1) is 0 Å². The van der Waals surface area contributed by atoms with Gasteiger partial charge in [0.05, 0.1) is 12.7 Å². The second-order valence-electron chi connectivity index (χ2n) is 7.90. The summed E-state index contributed by atoms with van der Waals surface area (Å²) in [6.07, 6.45) is 9.74. The van der Waals surface area contributed by atoms with E-state index in [1.54, 1.807) is 0 Å². The minimum atomic E-state index is 0.256. The van der Waals surface area contributed by atoms with Crippen molar-refractivity contribution >= 4 is 5.91 Å². The monoisotopic (exact) mass is 337 g/mol. The average Bonchev–Trinajstić information content (AvgIpc) is 2.61. The summed E-state index contributed by atoms with van der Waals surface area (Å²) in [4.78, 5) is 17.2. The third-order valence-corrected chi connectivity index (χ3v) is 5.97. The number of ether oxygens (including phenoxy) is 1. The van der Waals surface area contributed by atoms with Gasteiger partial charge in [-0.2, -0.15) is 0 Å². The zero-order valence-electron chi connectivity index (χ0n) is 15.3. The Balaban J connectivity index is 1.31. The molecule has 3 aliphatic rings. The van der Waals surface area contributed by atoms with E-state index in [4.69, 9.17) is 4.74 Å². The molecule has 5 heteroatoms. The molecule has 138 valence electrons. The molecule has 0 aromatic heterocycles. The van der Waals surface area contributed by atoms with Gasteiger partial charge in [-0.15, -0.1) is 0 Å². The fourth-order valence-corrected chi connectivity index (χ4v) is 4.49. The highest BCUT2D eigenvalue weighted by Crippen LogP contribution is 2.20. The quantitative estimate of drug-likeness (QED) is 0.833. The lowest BCUT2D eigenvalue weighted by molar-refractivity contribution is -0.122. The Labute approximate surface area is 147 Å². The number of likely N-dealkylation sites (tertiary alicyclic amines) is 1. The topological polar surface area (TPSA) is 44.8 Å². The molecule has 0 spiro atoms. The van der Waals surface area contributed by atoms with Crippen LogP contribution in [0.2, 0.25) is 0 Å². The Kier molecular flexibility index (Phi) is 6.93. The zero-order chi connectivity index (χ0) is 16.8. The number of carbonyl (C=O) groups excluding carboxylic acids is 1. The molecule has 1 amide bonds. The largest absolute Gasteiger partial charge is 0.376 e. The van der Waals surface area contributed by atoms with E-state index in [2.05, 4.69) is 22.0 Å². The van der Waals surface area contributed by atoms with Crippen molar-refractivity contribution in [1.29, 1.82) is 0 Å². The van der Waals surface area contributed by atoms with Crippen molar-refractivity contribution in [2.45, 2.75) is 76.5 Å². The molecule has 0 aromatic rings. The second-order valence-corrected chi connectivity index (χ2v) is 7.90. The molecule has 1 aliphatic carbocycles. The van der Waals surface area contributed by atoms with Gasteiger partial charge in [0.1, 0.15) is 0 Å². The summed E-state index contributed by atoms with van der Waals surface area (Å²) in [6, 6.07) is 1.16. The first kappa shape index (κ1) is 18.2. The second kappa shape index (κ2) is 9.16. The molecule has 2 saturated heterocycles. The van der Waals surface area contributed by atoms with Crippen molar-refractivity contribution in [1.82, 2.24) is 15.1 Å². The van der Waals surface area contributed by atoms with E-state index in [1.165, 1.54) is 44.9 Å². The highest BCUT2D eigenvalue weighted by molar-refractivity contribution is 5.76. The lowest BCUT2D eigenvalue weighted by atomic mass is 9.95. The first-order valence-corrected chi connectivity index (χ1v) is 10.1. The van der Waals surface area contributed by atoms with Crippen molar-refractivity contribution in [3.63, 3.8) is 0 Å². The van der Waals surface area contributed by atoms with Crippen LogP contribution < -0.4 is 5.32 Å². The molecule has 0 unspecified atom stereocenters. The maximum absolute atomic E-state index is 12.1. The SMILES string of the molecule is C[C@@H]1CN(C2CCN(CCC(=O)NC3CCCCC3)CC2)CCO1. The van der Waals surface area contributed by atoms with Gasteiger partial charge in [0.25, 0.3) is 0 Å². The molecule has 1 N–H and O–H groups in total. The fraction of sp³-hybridized carbons (Fsp3) is 0.947. The number of piperidine rings is 1. The van der Waals surface area contributed by atoms with Crippen molar-refractivity contribution in [3.8, 4) is 0 Å². The van der Waals surface area contributed by atoms with Gasteiger partial charge < -0.3 is 15.0 Å². The molecule has 2 aliphatic heterocycles. The molecule has 0 bridgehead atoms. The van der Waals surface area contributed by atoms with Gasteiger partial charge in [0.2, 0.25) is 5.91 Å². The van der Waals surface area contributed by atoms with E-state index in [-0.39, 0.29) is 5.91 Å². The van der Waals surface area contributed by atoms with Crippen LogP contribution >= 0.6 is 0 Å². The summed E-state index contributed by atoms with van der Waals surface area (Å²) < 4.78 is 5.65. The van der Waals surface area contributed by atoms with E-state index in [0.29, 0.717) is 24.6 Å². The molecule has 0 aromatic carbocycles. The summed E-state index contributed by atoms with van der Waals surface area (Å²) in [5, 5.41) is 3.24. The molecular formula is C19H35N3O2. The number of carbonyl (C=O) groups is 1. The van der Waals surface area contributed by atoms with Crippen LogP contribution in [-0.2, 0) is 9.53 Å². The molecule has 0 radical (unpaired) electrons. The lowest BCUT2D eigenvalue weighted by Gasteiger charge is -2.41. The van der Waals surface area contributed by atoms with Crippen LogP contribution in [0.4, 0.5) is 0 Å². The summed E-state index contributed by atoms with van der Waals surface area (Å²) in [5.41, 5.74) is 0. The molecule has 3 fully saturated rings. The standard InChI is InChI=1S/C19H35N3O2/c1-16-15-22(13-14-24-16)18-7-10-21(11-8-18)12-9-19(23)20-17-5-3-2-4-6-17/h16-18H,2-15H2,1H3,(H,20,23)/t16-/m1/s1. The van der Waals surface area contributed by atoms with Gasteiger partial charge in [-0.25, -0.2) is 0 Å². The maximum atomic E-state index is 12.1. The lowest BCUT2D eigenvalue weighted by Crippen LogP contribution is -2.51. The predicted molar refractivity (Wildman–Crippen MR) is 96.1 cm³/mol. The minimum absolute atomic E-state index is 0.256. The molecule has 2 heterocycles. The van der Waals surface area contributed by atoms with E-state index in [1.807, 2.05) is 0 Å². The van der Waals surface area contributed by atoms with Gasteiger partial charge in [0.15, 0.2) is 0 Å². The Morgan fingerprint density at radius 2 is 1.83 bits per heavy atom. The van der Waals surface area contributed by atoms with Crippen molar-refractivity contribution in [2.75, 3.05) is 39.3 Å². The van der Waals surface area contributed by atoms with Crippen LogP contribution in [0.3, 0.4) is 0 Å². The smallest absolute Gasteiger partial charge is 0.221 e. The summed E-state index contributed by atoms with van der Waals surface area (Å²) in [7, 11) is 0. The van der Waals surface area contributed by atoms with E-state index < -0.39 is 0 Å². The zero-order valence-corrected chi connectivity index (χ0v) is 15.3. The number of nitrogens with one attached hydrogen (secondary N) is 1. The van der Waals surface area contributed by atoms with E-state index >= 15 is 0 Å². The van der Waals surface area contributed by atoms with Crippen LogP contribution in [0.1, 0.15) is 58.3 Å². The highest BCUT2D eigenvalue weighted by Gasteiger charge is 2.28. The van der Waals surface area contributed by atoms with Crippen molar-refractivity contribution in [3.05, 3.63) is 0 Å². The number of rotatable bonds is 5. The number of hydrogen-bond donors (Lipinski definition) is 1. The number of nitrogens with zero attached hydrogens (tertiary/aromatic N) is 2. The van der Waals surface area contributed by atoms with Crippen molar-refractivity contribution in [2.24, 2.45) is 0 Å². The minimum Gasteiger partial charge on any atom is -0.376 e. The Hall–Kier alpha value is -0.650. The number of morpholine rings is 1. The van der Waals surface area contributed by atoms with Crippen LogP contribution in [0.5, 0.6) is 0 Å². The maximum Gasteiger partial charge on any atom is 0.221 e. The molecular weight excluding hydrogens is 302 g/mol. The first-order chi connectivity index (χ1) is 11.7. The Morgan fingerprint density at radius 3 is 2.54 bits per heavy atom. The fourth-order valence-electron chi connectivity index (χ4n) is 4.49. The van der Waals surface area contributed by atoms with Gasteiger partial charge >= 0.3 is 0 Å². The molecule has 1 saturated carbocycles. The van der Waals surface area contributed by atoms with Gasteiger partial charge in [-0.05, 0) is 45.7 Å². The molecule has 1 atom stereocenters. The van der Waals surface area contributed by atoms with Crippen molar-refractivity contribution < 1.29 is 9.53 Å². The van der Waals surface area contributed by atoms with Gasteiger partial charge in [0, 0.05) is 38.1 Å². The summed E-state index contributed by atoms with van der Waals surface area (Å²) >= 11 is 0. The van der Waals surface area contributed by atoms with Gasteiger partial charge in [-0.3, -0.25) is 9.69 Å². The molecule has 5 nitrogen and oxygen atoms in total. The number of amides is 1. The average molecular weight is 338 g/mol. The predicted octanol–water partition coefficient (Wildman–Crippen LogP) is 2.01. The van der Waals surface area contributed by atoms with Crippen LogP contribution in [0.25, 0.3) is 0 Å². The molecule has 24 heavy (non-hydrogen) atoms. The normalized spacial score (nSPS) is 28.8. The first-order valence-electron chi connectivity index (χ1n) is 10.1. The van der Waals surface area contributed by atoms with E-state index in [0.717, 1.165) is 39.3 Å².